The number of hydrogen-bond acceptors (Lipinski definition) is 4. The van der Waals surface area contributed by atoms with Crippen LogP contribution in [-0.2, 0) is 7.05 Å². The van der Waals surface area contributed by atoms with Crippen LogP contribution in [0.15, 0.2) is 12.3 Å². The van der Waals surface area contributed by atoms with Crippen LogP contribution < -0.4 is 5.32 Å². The van der Waals surface area contributed by atoms with Crippen molar-refractivity contribution in [3.8, 4) is 0 Å². The van der Waals surface area contributed by atoms with Crippen molar-refractivity contribution in [2.75, 3.05) is 13.2 Å². The Balaban J connectivity index is 2.72. The van der Waals surface area contributed by atoms with Crippen molar-refractivity contribution >= 4 is 11.7 Å². The second kappa shape index (κ2) is 5.60. The Bertz CT molecular complexity index is 425. The standard InChI is InChI=1S/C11H16N2O4/c1-7(15)8-3-10(13(2)5-8)11(17)12-4-9(16)6-14/h3,5,9,14,16H,4,6H2,1-2H3,(H,12,17). The maximum atomic E-state index is 11.7. The van der Waals surface area contributed by atoms with E-state index in [2.05, 4.69) is 5.32 Å². The molecule has 1 aromatic heterocycles. The Morgan fingerprint density at radius 3 is 2.65 bits per heavy atom. The number of carbonyl (C=O) groups is 2. The number of hydrogen-bond donors (Lipinski definition) is 3. The maximum Gasteiger partial charge on any atom is 0.268 e. The van der Waals surface area contributed by atoms with Crippen LogP contribution in [0.2, 0.25) is 0 Å². The fourth-order valence-electron chi connectivity index (χ4n) is 1.35. The topological polar surface area (TPSA) is 91.6 Å². The summed E-state index contributed by atoms with van der Waals surface area (Å²) in [7, 11) is 1.66. The van der Waals surface area contributed by atoms with Gasteiger partial charge in [-0.3, -0.25) is 9.59 Å². The molecule has 1 rings (SSSR count). The van der Waals surface area contributed by atoms with E-state index in [1.807, 2.05) is 0 Å². The highest BCUT2D eigenvalue weighted by Crippen LogP contribution is 2.07. The molecule has 0 aliphatic carbocycles. The van der Waals surface area contributed by atoms with Crippen molar-refractivity contribution in [3.05, 3.63) is 23.5 Å². The lowest BCUT2D eigenvalue weighted by Gasteiger charge is -2.09. The zero-order valence-electron chi connectivity index (χ0n) is 9.80. The summed E-state index contributed by atoms with van der Waals surface area (Å²) in [6.07, 6.45) is 0.589. The van der Waals surface area contributed by atoms with Crippen molar-refractivity contribution in [1.82, 2.24) is 9.88 Å². The van der Waals surface area contributed by atoms with E-state index in [-0.39, 0.29) is 12.3 Å². The Labute approximate surface area is 98.9 Å². The van der Waals surface area contributed by atoms with Crippen LogP contribution in [0, 0.1) is 0 Å². The number of amides is 1. The maximum absolute atomic E-state index is 11.7. The monoisotopic (exact) mass is 240 g/mol. The minimum atomic E-state index is -0.980. The van der Waals surface area contributed by atoms with E-state index < -0.39 is 18.6 Å². The fraction of sp³-hybridized carbons (Fsp3) is 0.455. The second-order valence-corrected chi connectivity index (χ2v) is 3.83. The second-order valence-electron chi connectivity index (χ2n) is 3.83. The molecular weight excluding hydrogens is 224 g/mol. The molecule has 0 radical (unpaired) electrons. The van der Waals surface area contributed by atoms with Crippen molar-refractivity contribution in [2.24, 2.45) is 7.05 Å². The average Bonchev–Trinajstić information content (AvgIpc) is 2.68. The minimum absolute atomic E-state index is 0.0318. The molecule has 0 aliphatic rings. The summed E-state index contributed by atoms with van der Waals surface area (Å²) in [6.45, 7) is 0.981. The van der Waals surface area contributed by atoms with E-state index in [1.165, 1.54) is 17.6 Å². The molecule has 3 N–H and O–H groups in total. The first-order valence-corrected chi connectivity index (χ1v) is 5.20. The van der Waals surface area contributed by atoms with Gasteiger partial charge in [-0.1, -0.05) is 0 Å². The summed E-state index contributed by atoms with van der Waals surface area (Å²) in [5, 5.41) is 20.2. The Kier molecular flexibility index (Phi) is 4.42. The van der Waals surface area contributed by atoms with Crippen LogP contribution in [0.3, 0.4) is 0 Å². The first kappa shape index (κ1) is 13.4. The number of Topliss-reactive ketones (excluding diaryl/α,β-unsaturated/α-hetero) is 1. The molecule has 0 saturated carbocycles. The Morgan fingerprint density at radius 1 is 1.53 bits per heavy atom. The molecule has 0 spiro atoms. The lowest BCUT2D eigenvalue weighted by Crippen LogP contribution is -2.34. The number of nitrogens with zero attached hydrogens (tertiary/aromatic N) is 1. The third-order valence-corrected chi connectivity index (χ3v) is 2.35. The van der Waals surface area contributed by atoms with Crippen LogP contribution in [0.5, 0.6) is 0 Å². The van der Waals surface area contributed by atoms with E-state index in [4.69, 9.17) is 10.2 Å². The zero-order valence-corrected chi connectivity index (χ0v) is 9.80. The van der Waals surface area contributed by atoms with Gasteiger partial charge in [-0.15, -0.1) is 0 Å². The first-order valence-electron chi connectivity index (χ1n) is 5.20. The van der Waals surface area contributed by atoms with Crippen LogP contribution in [0.25, 0.3) is 0 Å². The van der Waals surface area contributed by atoms with Crippen LogP contribution in [0.4, 0.5) is 0 Å². The summed E-state index contributed by atoms with van der Waals surface area (Å²) in [5.41, 5.74) is 0.792. The smallest absolute Gasteiger partial charge is 0.268 e. The van der Waals surface area contributed by atoms with Gasteiger partial charge in [-0.25, -0.2) is 0 Å². The van der Waals surface area contributed by atoms with Crippen molar-refractivity contribution in [3.63, 3.8) is 0 Å². The molecule has 1 aromatic rings. The highest BCUT2D eigenvalue weighted by atomic mass is 16.3. The summed E-state index contributed by atoms with van der Waals surface area (Å²) in [5.74, 6) is -0.512. The number of carbonyl (C=O) groups excluding carboxylic acids is 2. The van der Waals surface area contributed by atoms with Gasteiger partial charge in [0.05, 0.1) is 12.7 Å². The lowest BCUT2D eigenvalue weighted by molar-refractivity contribution is 0.0796. The quantitative estimate of drug-likeness (QED) is 0.594. The van der Waals surface area contributed by atoms with E-state index in [0.717, 1.165) is 0 Å². The number of aliphatic hydroxyl groups excluding tert-OH is 2. The average molecular weight is 240 g/mol. The molecule has 0 aromatic carbocycles. The van der Waals surface area contributed by atoms with Crippen LogP contribution in [-0.4, -0.2) is 45.7 Å². The molecule has 1 unspecified atom stereocenters. The van der Waals surface area contributed by atoms with Crippen LogP contribution in [0.1, 0.15) is 27.8 Å². The van der Waals surface area contributed by atoms with E-state index in [0.29, 0.717) is 11.3 Å². The van der Waals surface area contributed by atoms with Gasteiger partial charge in [0.15, 0.2) is 5.78 Å². The normalized spacial score (nSPS) is 12.2. The number of aryl methyl sites for hydroxylation is 1. The molecule has 17 heavy (non-hydrogen) atoms. The van der Waals surface area contributed by atoms with Gasteiger partial charge in [0.1, 0.15) is 5.69 Å². The number of rotatable bonds is 5. The van der Waals surface area contributed by atoms with Crippen molar-refractivity contribution < 1.29 is 19.8 Å². The molecule has 6 nitrogen and oxygen atoms in total. The van der Waals surface area contributed by atoms with Gasteiger partial charge in [0, 0.05) is 25.4 Å². The molecule has 6 heteroatoms. The van der Waals surface area contributed by atoms with Gasteiger partial charge in [0.25, 0.3) is 5.91 Å². The summed E-state index contributed by atoms with van der Waals surface area (Å²) >= 11 is 0. The lowest BCUT2D eigenvalue weighted by atomic mass is 10.2. The Hall–Kier alpha value is -1.66. The molecule has 0 aliphatic heterocycles. The predicted molar refractivity (Wildman–Crippen MR) is 60.8 cm³/mol. The summed E-state index contributed by atoms with van der Waals surface area (Å²) in [6, 6.07) is 1.49. The fourth-order valence-corrected chi connectivity index (χ4v) is 1.35. The van der Waals surface area contributed by atoms with E-state index in [1.54, 1.807) is 13.2 Å². The minimum Gasteiger partial charge on any atom is -0.394 e. The SMILES string of the molecule is CC(=O)c1cc(C(=O)NCC(O)CO)n(C)c1. The summed E-state index contributed by atoms with van der Waals surface area (Å²) in [4.78, 5) is 22.8. The number of nitrogens with one attached hydrogen (secondary N) is 1. The van der Waals surface area contributed by atoms with Gasteiger partial charge in [0.2, 0.25) is 0 Å². The molecule has 1 heterocycles. The first-order chi connectivity index (χ1) is 7.95. The highest BCUT2D eigenvalue weighted by Gasteiger charge is 2.14. The van der Waals surface area contributed by atoms with Gasteiger partial charge in [-0.05, 0) is 13.0 Å². The number of aliphatic hydroxyl groups is 2. The zero-order chi connectivity index (χ0) is 13.0. The van der Waals surface area contributed by atoms with Gasteiger partial charge in [-0.2, -0.15) is 0 Å². The molecular formula is C11H16N2O4. The largest absolute Gasteiger partial charge is 0.394 e. The molecule has 1 atom stereocenters. The molecule has 94 valence electrons. The Morgan fingerprint density at radius 2 is 2.18 bits per heavy atom. The third-order valence-electron chi connectivity index (χ3n) is 2.35. The highest BCUT2D eigenvalue weighted by molar-refractivity contribution is 5.99. The molecule has 0 bridgehead atoms. The van der Waals surface area contributed by atoms with Crippen molar-refractivity contribution in [2.45, 2.75) is 13.0 Å². The molecule has 0 fully saturated rings. The van der Waals surface area contributed by atoms with Gasteiger partial charge >= 0.3 is 0 Å². The molecule has 1 amide bonds. The van der Waals surface area contributed by atoms with Crippen LogP contribution >= 0.6 is 0 Å². The summed E-state index contributed by atoms with van der Waals surface area (Å²) < 4.78 is 1.54. The van der Waals surface area contributed by atoms with E-state index in [9.17, 15) is 9.59 Å². The number of aromatic nitrogens is 1. The predicted octanol–water partition coefficient (Wildman–Crippen LogP) is -0.689. The molecule has 0 saturated heterocycles. The van der Waals surface area contributed by atoms with E-state index >= 15 is 0 Å². The van der Waals surface area contributed by atoms with Gasteiger partial charge < -0.3 is 20.1 Å². The number of ketones is 1. The van der Waals surface area contributed by atoms with Crippen molar-refractivity contribution in [1.29, 1.82) is 0 Å². The third kappa shape index (κ3) is 3.40.